The molecule has 2 saturated heterocycles. The van der Waals surface area contributed by atoms with Gasteiger partial charge in [0.05, 0.1) is 41.9 Å². The minimum Gasteiger partial charge on any atom is -0.444 e. The van der Waals surface area contributed by atoms with Crippen molar-refractivity contribution in [2.24, 2.45) is 5.92 Å². The van der Waals surface area contributed by atoms with E-state index in [9.17, 15) is 9.59 Å². The van der Waals surface area contributed by atoms with Gasteiger partial charge in [0, 0.05) is 6.04 Å². The van der Waals surface area contributed by atoms with Crippen molar-refractivity contribution in [3.05, 3.63) is 72.6 Å². The van der Waals surface area contributed by atoms with Gasteiger partial charge in [-0.1, -0.05) is 54.5 Å². The Morgan fingerprint density at radius 2 is 1.18 bits per heavy atom. The molecule has 4 aromatic rings. The lowest BCUT2D eigenvalue weighted by atomic mass is 10.0. The third-order valence-corrected chi connectivity index (χ3v) is 9.44. The molecule has 0 spiro atoms. The van der Waals surface area contributed by atoms with Crippen LogP contribution in [0.4, 0.5) is 9.59 Å². The molecule has 5 atom stereocenters. The summed E-state index contributed by atoms with van der Waals surface area (Å²) in [6.45, 7) is 11.2. The molecule has 10 heteroatoms. The second kappa shape index (κ2) is 12.1. The predicted octanol–water partition coefficient (Wildman–Crippen LogP) is 8.28. The number of likely N-dealkylation sites (tertiary alicyclic amines) is 2. The Bertz CT molecular complexity index is 1890. The lowest BCUT2D eigenvalue weighted by Crippen LogP contribution is -2.40. The molecule has 1 aliphatic carbocycles. The van der Waals surface area contributed by atoms with Crippen LogP contribution in [-0.2, 0) is 9.47 Å². The molecule has 3 fully saturated rings. The lowest BCUT2D eigenvalue weighted by molar-refractivity contribution is 0.0166. The number of terminal acetylenes is 1. The Balaban J connectivity index is 1.02. The van der Waals surface area contributed by atoms with Gasteiger partial charge in [0.2, 0.25) is 0 Å². The molecule has 1 saturated carbocycles. The highest BCUT2D eigenvalue weighted by Gasteiger charge is 2.56. The molecule has 2 aliphatic heterocycles. The summed E-state index contributed by atoms with van der Waals surface area (Å²) in [6, 6.07) is 16.2. The van der Waals surface area contributed by atoms with E-state index < -0.39 is 17.3 Å². The third-order valence-electron chi connectivity index (χ3n) is 9.44. The highest BCUT2D eigenvalue weighted by molar-refractivity contribution is 5.73. The molecule has 2 N–H and O–H groups in total. The Labute approximate surface area is 287 Å². The van der Waals surface area contributed by atoms with Gasteiger partial charge in [0.25, 0.3) is 0 Å². The molecule has 10 nitrogen and oxygen atoms in total. The molecule has 0 radical (unpaired) electrons. The van der Waals surface area contributed by atoms with Crippen molar-refractivity contribution in [2.45, 2.75) is 103 Å². The van der Waals surface area contributed by atoms with Gasteiger partial charge in [-0.2, -0.15) is 0 Å². The number of piperidine rings is 1. The molecule has 0 bridgehead atoms. The monoisotopic (exact) mass is 660 g/mol. The van der Waals surface area contributed by atoms with E-state index in [0.29, 0.717) is 24.6 Å². The van der Waals surface area contributed by atoms with Gasteiger partial charge in [-0.05, 0) is 95.4 Å². The normalized spacial score (nSPS) is 23.2. The SMILES string of the molecule is C#CC1CCC(c2ncc(-c3ccc(-c4ccc(-c5cnc(C6CC7CC7N6C(=O)OC(C)(C)C)[nH]5)cc4)cc3)[nH]2)N1C(=O)OC(C)(C)C. The number of nitrogens with one attached hydrogen (secondary N) is 2. The smallest absolute Gasteiger partial charge is 0.411 e. The number of hydrogen-bond donors (Lipinski definition) is 2. The van der Waals surface area contributed by atoms with Gasteiger partial charge < -0.3 is 19.4 Å². The minimum absolute atomic E-state index is 0.0990. The van der Waals surface area contributed by atoms with Crippen LogP contribution in [0.5, 0.6) is 0 Å². The van der Waals surface area contributed by atoms with Crippen molar-refractivity contribution < 1.29 is 19.1 Å². The predicted molar refractivity (Wildman–Crippen MR) is 187 cm³/mol. The summed E-state index contributed by atoms with van der Waals surface area (Å²) >= 11 is 0. The van der Waals surface area contributed by atoms with Crippen molar-refractivity contribution in [3.8, 4) is 46.0 Å². The van der Waals surface area contributed by atoms with Gasteiger partial charge in [0.1, 0.15) is 22.9 Å². The van der Waals surface area contributed by atoms with Crippen LogP contribution in [0.3, 0.4) is 0 Å². The van der Waals surface area contributed by atoms with Crippen LogP contribution in [0.25, 0.3) is 33.6 Å². The maximum absolute atomic E-state index is 13.0. The van der Waals surface area contributed by atoms with Crippen LogP contribution in [-0.4, -0.2) is 65.2 Å². The molecule has 4 heterocycles. The zero-order chi connectivity index (χ0) is 34.7. The number of fused-ring (bicyclic) bond motifs is 1. The van der Waals surface area contributed by atoms with Crippen molar-refractivity contribution in [2.75, 3.05) is 0 Å². The summed E-state index contributed by atoms with van der Waals surface area (Å²) in [7, 11) is 0. The summed E-state index contributed by atoms with van der Waals surface area (Å²) in [5.41, 5.74) is 4.81. The highest BCUT2D eigenvalue weighted by atomic mass is 16.6. The molecule has 2 amide bonds. The second-order valence-electron chi connectivity index (χ2n) is 15.4. The number of ether oxygens (including phenoxy) is 2. The van der Waals surface area contributed by atoms with E-state index in [-0.39, 0.29) is 30.3 Å². The number of aromatic amines is 2. The number of nitrogens with zero attached hydrogens (tertiary/aromatic N) is 4. The van der Waals surface area contributed by atoms with Gasteiger partial charge in [-0.3, -0.25) is 9.80 Å². The zero-order valence-corrected chi connectivity index (χ0v) is 29.0. The van der Waals surface area contributed by atoms with Gasteiger partial charge in [-0.15, -0.1) is 6.42 Å². The summed E-state index contributed by atoms with van der Waals surface area (Å²) in [5, 5.41) is 0. The number of carbonyl (C=O) groups is 2. The number of amides is 2. The first-order valence-electron chi connectivity index (χ1n) is 17.1. The first-order valence-corrected chi connectivity index (χ1v) is 17.1. The number of rotatable bonds is 5. The molecular formula is C39H44N6O4. The van der Waals surface area contributed by atoms with E-state index in [1.807, 2.05) is 52.6 Å². The summed E-state index contributed by atoms with van der Waals surface area (Å²) in [5.74, 6) is 4.76. The maximum Gasteiger partial charge on any atom is 0.411 e. The van der Waals surface area contributed by atoms with Crippen LogP contribution in [0.2, 0.25) is 0 Å². The first-order chi connectivity index (χ1) is 23.3. The van der Waals surface area contributed by atoms with Crippen LogP contribution < -0.4 is 0 Å². The topological polar surface area (TPSA) is 116 Å². The number of imidazole rings is 2. The van der Waals surface area contributed by atoms with Crippen molar-refractivity contribution in [1.29, 1.82) is 0 Å². The Morgan fingerprint density at radius 3 is 1.67 bits per heavy atom. The third kappa shape index (κ3) is 6.67. The molecule has 5 unspecified atom stereocenters. The van der Waals surface area contributed by atoms with Crippen molar-refractivity contribution in [3.63, 3.8) is 0 Å². The fourth-order valence-electron chi connectivity index (χ4n) is 7.08. The maximum atomic E-state index is 13.0. The van der Waals surface area contributed by atoms with E-state index >= 15 is 0 Å². The van der Waals surface area contributed by atoms with Crippen LogP contribution >= 0.6 is 0 Å². The Kier molecular flexibility index (Phi) is 8.05. The molecule has 49 heavy (non-hydrogen) atoms. The first kappa shape index (κ1) is 32.5. The largest absolute Gasteiger partial charge is 0.444 e. The number of hydrogen-bond acceptors (Lipinski definition) is 6. The fourth-order valence-corrected chi connectivity index (χ4v) is 7.08. The Hall–Kier alpha value is -5.04. The van der Waals surface area contributed by atoms with Crippen molar-refractivity contribution in [1.82, 2.24) is 29.7 Å². The molecule has 2 aromatic heterocycles. The van der Waals surface area contributed by atoms with Crippen LogP contribution in [0.1, 0.15) is 91.0 Å². The number of benzene rings is 2. The van der Waals surface area contributed by atoms with E-state index in [0.717, 1.165) is 52.3 Å². The van der Waals surface area contributed by atoms with E-state index in [2.05, 4.69) is 69.4 Å². The highest BCUT2D eigenvalue weighted by Crippen LogP contribution is 2.53. The molecule has 254 valence electrons. The van der Waals surface area contributed by atoms with Gasteiger partial charge >= 0.3 is 12.2 Å². The average molecular weight is 661 g/mol. The summed E-state index contributed by atoms with van der Waals surface area (Å²) in [4.78, 5) is 45.8. The standard InChI is InChI=1S/C39H44N6O4/c1-8-28-17-18-31(44(28)36(46)48-38(2,3)4)34-40-21-29(42-34)25-13-9-23(10-14-25)24-11-15-26(16-12-24)30-22-41-35(43-30)33-20-27-19-32(27)45(33)37(47)49-39(5,6)7/h1,9-16,21-22,27-28,31-33H,17-20H2,2-7H3,(H,40,42)(H,41,43). The zero-order valence-electron chi connectivity index (χ0n) is 29.0. The second-order valence-corrected chi connectivity index (χ2v) is 15.4. The van der Waals surface area contributed by atoms with Gasteiger partial charge in [-0.25, -0.2) is 19.6 Å². The van der Waals surface area contributed by atoms with Crippen LogP contribution in [0.15, 0.2) is 60.9 Å². The van der Waals surface area contributed by atoms with E-state index in [1.54, 1.807) is 11.1 Å². The van der Waals surface area contributed by atoms with E-state index in [1.165, 1.54) is 0 Å². The molecule has 2 aromatic carbocycles. The number of carbonyl (C=O) groups excluding carboxylic acids is 2. The van der Waals surface area contributed by atoms with Crippen LogP contribution in [0, 0.1) is 18.3 Å². The number of H-pyrrole nitrogens is 2. The van der Waals surface area contributed by atoms with E-state index in [4.69, 9.17) is 20.9 Å². The lowest BCUT2D eigenvalue weighted by Gasteiger charge is -2.30. The molecular weight excluding hydrogens is 616 g/mol. The fraction of sp³-hybridized carbons (Fsp3) is 0.436. The quantitative estimate of drug-likeness (QED) is 0.208. The van der Waals surface area contributed by atoms with Crippen molar-refractivity contribution >= 4 is 12.2 Å². The average Bonchev–Trinajstić information content (AvgIpc) is 3.56. The molecule has 7 rings (SSSR count). The summed E-state index contributed by atoms with van der Waals surface area (Å²) in [6.07, 6.45) is 12.1. The van der Waals surface area contributed by atoms with Gasteiger partial charge in [0.15, 0.2) is 0 Å². The summed E-state index contributed by atoms with van der Waals surface area (Å²) < 4.78 is 11.4. The minimum atomic E-state index is -0.620. The Morgan fingerprint density at radius 1 is 0.714 bits per heavy atom. The molecule has 3 aliphatic rings. The number of aromatic nitrogens is 4.